The van der Waals surface area contributed by atoms with Crippen LogP contribution >= 0.6 is 0 Å². The number of rotatable bonds is 6. The first-order valence-electron chi connectivity index (χ1n) is 9.65. The third kappa shape index (κ3) is 3.49. The summed E-state index contributed by atoms with van der Waals surface area (Å²) in [6.45, 7) is 7.40. The number of methoxy groups -OCH3 is 1. The van der Waals surface area contributed by atoms with Crippen molar-refractivity contribution in [2.24, 2.45) is 17.3 Å². The second-order valence-electron chi connectivity index (χ2n) is 8.32. The molecule has 0 unspecified atom stereocenters. The first-order valence-corrected chi connectivity index (χ1v) is 9.65. The van der Waals surface area contributed by atoms with Crippen LogP contribution in [0.2, 0.25) is 0 Å². The lowest BCUT2D eigenvalue weighted by Crippen LogP contribution is -2.45. The highest BCUT2D eigenvalue weighted by atomic mass is 16.5. The number of ether oxygens (including phenoxy) is 1. The van der Waals surface area contributed by atoms with E-state index in [1.807, 2.05) is 13.0 Å². The number of hydrogen-bond donors (Lipinski definition) is 0. The number of furan rings is 1. The van der Waals surface area contributed by atoms with Crippen molar-refractivity contribution in [1.29, 1.82) is 0 Å². The molecule has 3 fully saturated rings. The highest BCUT2D eigenvalue weighted by molar-refractivity contribution is 5.82. The molecule has 5 heteroatoms. The molecule has 1 aliphatic carbocycles. The van der Waals surface area contributed by atoms with E-state index < -0.39 is 0 Å². The van der Waals surface area contributed by atoms with Gasteiger partial charge in [0.2, 0.25) is 5.91 Å². The molecule has 1 saturated carbocycles. The van der Waals surface area contributed by atoms with E-state index in [-0.39, 0.29) is 11.3 Å². The van der Waals surface area contributed by atoms with Crippen molar-refractivity contribution >= 4 is 5.91 Å². The highest BCUT2D eigenvalue weighted by Crippen LogP contribution is 2.47. The zero-order valence-electron chi connectivity index (χ0n) is 15.5. The van der Waals surface area contributed by atoms with E-state index in [4.69, 9.17) is 9.15 Å². The van der Waals surface area contributed by atoms with E-state index in [0.29, 0.717) is 12.5 Å². The van der Waals surface area contributed by atoms with E-state index in [9.17, 15) is 4.79 Å². The van der Waals surface area contributed by atoms with Gasteiger partial charge in [-0.15, -0.1) is 0 Å². The van der Waals surface area contributed by atoms with Gasteiger partial charge in [0.15, 0.2) is 0 Å². The minimum Gasteiger partial charge on any atom is -0.465 e. The number of likely N-dealkylation sites (tertiary alicyclic amines) is 2. The fraction of sp³-hybridized carbons (Fsp3) is 0.750. The Bertz CT molecular complexity index is 614. The maximum Gasteiger partial charge on any atom is 0.228 e. The van der Waals surface area contributed by atoms with Gasteiger partial charge in [-0.3, -0.25) is 9.69 Å². The predicted molar refractivity (Wildman–Crippen MR) is 95.1 cm³/mol. The van der Waals surface area contributed by atoms with Gasteiger partial charge in [0, 0.05) is 25.6 Å². The van der Waals surface area contributed by atoms with Crippen LogP contribution in [-0.4, -0.2) is 55.6 Å². The number of nitrogens with zero attached hydrogens (tertiary/aromatic N) is 2. The molecule has 3 heterocycles. The average molecular weight is 346 g/mol. The van der Waals surface area contributed by atoms with Gasteiger partial charge in [0.25, 0.3) is 0 Å². The van der Waals surface area contributed by atoms with Crippen molar-refractivity contribution in [2.75, 3.05) is 39.9 Å². The van der Waals surface area contributed by atoms with Gasteiger partial charge in [0.1, 0.15) is 11.5 Å². The van der Waals surface area contributed by atoms with Crippen molar-refractivity contribution in [3.05, 3.63) is 23.7 Å². The van der Waals surface area contributed by atoms with Crippen LogP contribution in [-0.2, 0) is 16.1 Å². The topological polar surface area (TPSA) is 45.9 Å². The number of aryl methyl sites for hydroxylation is 1. The third-order valence-electron chi connectivity index (χ3n) is 6.39. The lowest BCUT2D eigenvalue weighted by Gasteiger charge is -2.41. The number of amides is 1. The molecular formula is C20H30N2O3. The molecule has 1 amide bonds. The SMILES string of the molecule is COC[C@H]1C(=O)N(CC2CC2)CC12CCN(Cc1ccc(C)o1)CC2. The first kappa shape index (κ1) is 17.1. The molecule has 1 atom stereocenters. The third-order valence-corrected chi connectivity index (χ3v) is 6.39. The van der Waals surface area contributed by atoms with Gasteiger partial charge >= 0.3 is 0 Å². The zero-order valence-corrected chi connectivity index (χ0v) is 15.5. The largest absolute Gasteiger partial charge is 0.465 e. The fourth-order valence-corrected chi connectivity index (χ4v) is 4.69. The smallest absolute Gasteiger partial charge is 0.228 e. The zero-order chi connectivity index (χ0) is 17.4. The Hall–Kier alpha value is -1.33. The van der Waals surface area contributed by atoms with E-state index in [2.05, 4.69) is 15.9 Å². The summed E-state index contributed by atoms with van der Waals surface area (Å²) in [7, 11) is 1.72. The molecule has 4 rings (SSSR count). The summed E-state index contributed by atoms with van der Waals surface area (Å²) in [4.78, 5) is 17.5. The Morgan fingerprint density at radius 2 is 2.04 bits per heavy atom. The quantitative estimate of drug-likeness (QED) is 0.794. The van der Waals surface area contributed by atoms with E-state index in [1.54, 1.807) is 7.11 Å². The summed E-state index contributed by atoms with van der Waals surface area (Å²) in [6, 6.07) is 4.10. The number of carbonyl (C=O) groups excluding carboxylic acids is 1. The molecule has 3 aliphatic rings. The minimum absolute atomic E-state index is 0.0456. The molecule has 25 heavy (non-hydrogen) atoms. The van der Waals surface area contributed by atoms with Crippen LogP contribution in [0.1, 0.15) is 37.2 Å². The van der Waals surface area contributed by atoms with Crippen molar-refractivity contribution in [2.45, 2.75) is 39.2 Å². The van der Waals surface area contributed by atoms with Crippen molar-refractivity contribution in [3.8, 4) is 0 Å². The molecule has 0 aromatic carbocycles. The molecule has 1 aromatic rings. The molecule has 1 spiro atoms. The van der Waals surface area contributed by atoms with Crippen molar-refractivity contribution < 1.29 is 13.9 Å². The Morgan fingerprint density at radius 3 is 2.64 bits per heavy atom. The molecule has 2 aliphatic heterocycles. The summed E-state index contributed by atoms with van der Waals surface area (Å²) in [5, 5.41) is 0. The molecule has 5 nitrogen and oxygen atoms in total. The molecule has 1 aromatic heterocycles. The molecule has 0 radical (unpaired) electrons. The number of hydrogen-bond acceptors (Lipinski definition) is 4. The summed E-state index contributed by atoms with van der Waals surface area (Å²) in [5.74, 6) is 3.15. The number of carbonyl (C=O) groups is 1. The molecular weight excluding hydrogens is 316 g/mol. The van der Waals surface area contributed by atoms with Gasteiger partial charge in [-0.05, 0) is 63.7 Å². The van der Waals surface area contributed by atoms with Crippen LogP contribution in [0.25, 0.3) is 0 Å². The lowest BCUT2D eigenvalue weighted by atomic mass is 9.71. The van der Waals surface area contributed by atoms with Gasteiger partial charge in [-0.2, -0.15) is 0 Å². The van der Waals surface area contributed by atoms with Gasteiger partial charge in [0.05, 0.1) is 19.1 Å². The van der Waals surface area contributed by atoms with Crippen molar-refractivity contribution in [1.82, 2.24) is 9.80 Å². The summed E-state index contributed by atoms with van der Waals surface area (Å²) in [5.41, 5.74) is 0.109. The van der Waals surface area contributed by atoms with E-state index in [1.165, 1.54) is 12.8 Å². The van der Waals surface area contributed by atoms with Gasteiger partial charge < -0.3 is 14.1 Å². The molecule has 0 N–H and O–H groups in total. The summed E-state index contributed by atoms with van der Waals surface area (Å²) >= 11 is 0. The second-order valence-corrected chi connectivity index (χ2v) is 8.32. The maximum atomic E-state index is 12.9. The van der Waals surface area contributed by atoms with Crippen LogP contribution in [0.15, 0.2) is 16.5 Å². The summed E-state index contributed by atoms with van der Waals surface area (Å²) in [6.07, 6.45) is 4.74. The average Bonchev–Trinajstić information content (AvgIpc) is 3.27. The van der Waals surface area contributed by atoms with Crippen LogP contribution in [0.3, 0.4) is 0 Å². The Morgan fingerprint density at radius 1 is 1.28 bits per heavy atom. The van der Waals surface area contributed by atoms with Gasteiger partial charge in [-0.1, -0.05) is 0 Å². The van der Waals surface area contributed by atoms with Crippen LogP contribution in [0.5, 0.6) is 0 Å². The Labute approximate surface area is 150 Å². The lowest BCUT2D eigenvalue weighted by molar-refractivity contribution is -0.133. The normalized spacial score (nSPS) is 26.7. The molecule has 0 bridgehead atoms. The van der Waals surface area contributed by atoms with Crippen molar-refractivity contribution in [3.63, 3.8) is 0 Å². The Balaban J connectivity index is 1.41. The standard InChI is InChI=1S/C20H30N2O3/c1-15-3-6-17(25-15)12-21-9-7-20(8-10-21)14-22(11-16-4-5-16)19(23)18(20)13-24-2/h3,6,16,18H,4-5,7-14H2,1-2H3/t18-/m0/s1. The minimum atomic E-state index is 0.0456. The van der Waals surface area contributed by atoms with E-state index >= 15 is 0 Å². The second kappa shape index (κ2) is 6.76. The van der Waals surface area contributed by atoms with Crippen LogP contribution in [0, 0.1) is 24.2 Å². The Kier molecular flexibility index (Phi) is 4.63. The first-order chi connectivity index (χ1) is 12.1. The van der Waals surface area contributed by atoms with E-state index in [0.717, 1.165) is 63.0 Å². The van der Waals surface area contributed by atoms with Crippen LogP contribution in [0.4, 0.5) is 0 Å². The fourth-order valence-electron chi connectivity index (χ4n) is 4.69. The summed E-state index contributed by atoms with van der Waals surface area (Å²) < 4.78 is 11.2. The number of piperidine rings is 1. The van der Waals surface area contributed by atoms with Crippen LogP contribution < -0.4 is 0 Å². The monoisotopic (exact) mass is 346 g/mol. The maximum absolute atomic E-state index is 12.9. The molecule has 2 saturated heterocycles. The molecule has 138 valence electrons. The highest BCUT2D eigenvalue weighted by Gasteiger charge is 2.53. The van der Waals surface area contributed by atoms with Gasteiger partial charge in [-0.25, -0.2) is 0 Å². The predicted octanol–water partition coefficient (Wildman–Crippen LogP) is 2.69.